The molecule has 0 atom stereocenters. The van der Waals surface area contributed by atoms with E-state index in [9.17, 15) is 9.59 Å². The van der Waals surface area contributed by atoms with Crippen LogP contribution in [-0.2, 0) is 20.1 Å². The van der Waals surface area contributed by atoms with E-state index in [1.54, 1.807) is 13.1 Å². The van der Waals surface area contributed by atoms with Gasteiger partial charge in [-0.1, -0.05) is 12.1 Å². The number of carbonyl (C=O) groups is 2. The predicted octanol–water partition coefficient (Wildman–Crippen LogP) is 1.40. The molecule has 2 amide bonds. The van der Waals surface area contributed by atoms with Crippen molar-refractivity contribution in [2.75, 3.05) is 20.1 Å². The van der Waals surface area contributed by atoms with E-state index in [1.165, 1.54) is 5.56 Å². The van der Waals surface area contributed by atoms with Crippen LogP contribution in [0, 0.1) is 0 Å². The molecular weight excluding hydrogens is 342 g/mol. The summed E-state index contributed by atoms with van der Waals surface area (Å²) in [4.78, 5) is 29.5. The van der Waals surface area contributed by atoms with Gasteiger partial charge < -0.3 is 10.2 Å². The molecule has 0 unspecified atom stereocenters. The van der Waals surface area contributed by atoms with Crippen LogP contribution in [0.5, 0.6) is 0 Å². The SMILES string of the molecule is CNC(=O)c1cccc2c1C(=O)N(C1CCN(Cc3cnn(C)c3)CC1)C2. The number of hydrogen-bond acceptors (Lipinski definition) is 4. The first-order valence-corrected chi connectivity index (χ1v) is 9.41. The maximum absolute atomic E-state index is 13.0. The Bertz CT molecular complexity index is 867. The van der Waals surface area contributed by atoms with E-state index in [2.05, 4.69) is 15.3 Å². The van der Waals surface area contributed by atoms with Crippen LogP contribution in [0.3, 0.4) is 0 Å². The number of nitrogens with zero attached hydrogens (tertiary/aromatic N) is 4. The van der Waals surface area contributed by atoms with Crippen molar-refractivity contribution < 1.29 is 9.59 Å². The number of rotatable bonds is 4. The van der Waals surface area contributed by atoms with Gasteiger partial charge in [-0.3, -0.25) is 19.2 Å². The highest BCUT2D eigenvalue weighted by molar-refractivity contribution is 6.09. The molecule has 2 aliphatic heterocycles. The van der Waals surface area contributed by atoms with Crippen molar-refractivity contribution in [3.63, 3.8) is 0 Å². The number of amides is 2. The number of nitrogens with one attached hydrogen (secondary N) is 1. The minimum atomic E-state index is -0.201. The predicted molar refractivity (Wildman–Crippen MR) is 101 cm³/mol. The Morgan fingerprint density at radius 3 is 2.74 bits per heavy atom. The van der Waals surface area contributed by atoms with Crippen LogP contribution in [0.15, 0.2) is 30.6 Å². The summed E-state index contributed by atoms with van der Waals surface area (Å²) in [5, 5.41) is 6.86. The van der Waals surface area contributed by atoms with Crippen molar-refractivity contribution in [3.05, 3.63) is 52.8 Å². The molecule has 7 heteroatoms. The Hall–Kier alpha value is -2.67. The zero-order chi connectivity index (χ0) is 19.0. The van der Waals surface area contributed by atoms with Gasteiger partial charge in [0.2, 0.25) is 0 Å². The molecule has 27 heavy (non-hydrogen) atoms. The normalized spacial score (nSPS) is 18.0. The van der Waals surface area contributed by atoms with Crippen molar-refractivity contribution in [2.45, 2.75) is 32.0 Å². The molecule has 1 aromatic heterocycles. The molecule has 0 spiro atoms. The standard InChI is InChI=1S/C20H25N5O2/c1-21-19(26)17-5-3-4-15-13-25(20(27)18(15)17)16-6-8-24(9-7-16)12-14-10-22-23(2)11-14/h3-5,10-11,16H,6-9,12-13H2,1-2H3,(H,21,26). The van der Waals surface area contributed by atoms with Crippen LogP contribution in [0.2, 0.25) is 0 Å². The Kier molecular flexibility index (Phi) is 4.70. The number of fused-ring (bicyclic) bond motifs is 1. The number of likely N-dealkylation sites (tertiary alicyclic amines) is 1. The molecule has 1 N–H and O–H groups in total. The molecular formula is C20H25N5O2. The molecule has 3 heterocycles. The number of carbonyl (C=O) groups excluding carboxylic acids is 2. The van der Waals surface area contributed by atoms with E-state index in [0.717, 1.165) is 38.0 Å². The largest absolute Gasteiger partial charge is 0.355 e. The minimum Gasteiger partial charge on any atom is -0.355 e. The lowest BCUT2D eigenvalue weighted by molar-refractivity contribution is 0.0588. The van der Waals surface area contributed by atoms with Crippen molar-refractivity contribution in [1.82, 2.24) is 24.9 Å². The quantitative estimate of drug-likeness (QED) is 0.887. The van der Waals surface area contributed by atoms with Crippen molar-refractivity contribution >= 4 is 11.8 Å². The first-order valence-electron chi connectivity index (χ1n) is 9.41. The molecule has 0 saturated carbocycles. The lowest BCUT2D eigenvalue weighted by atomic mass is 10.0. The fourth-order valence-electron chi connectivity index (χ4n) is 4.20. The van der Waals surface area contributed by atoms with Gasteiger partial charge in [-0.25, -0.2) is 0 Å². The highest BCUT2D eigenvalue weighted by atomic mass is 16.2. The number of benzene rings is 1. The third kappa shape index (κ3) is 3.35. The highest BCUT2D eigenvalue weighted by Crippen LogP contribution is 2.31. The lowest BCUT2D eigenvalue weighted by Crippen LogP contribution is -2.44. The maximum Gasteiger partial charge on any atom is 0.255 e. The summed E-state index contributed by atoms with van der Waals surface area (Å²) in [6.07, 6.45) is 5.87. The molecule has 2 aromatic rings. The third-order valence-electron chi connectivity index (χ3n) is 5.60. The summed E-state index contributed by atoms with van der Waals surface area (Å²) in [5.74, 6) is -0.205. The number of piperidine rings is 1. The van der Waals surface area contributed by atoms with E-state index < -0.39 is 0 Å². The minimum absolute atomic E-state index is 0.00471. The van der Waals surface area contributed by atoms with E-state index in [1.807, 2.05) is 41.2 Å². The first kappa shape index (κ1) is 17.7. The molecule has 0 aliphatic carbocycles. The Balaban J connectivity index is 1.42. The number of aromatic nitrogens is 2. The van der Waals surface area contributed by atoms with Gasteiger partial charge in [0, 0.05) is 58.1 Å². The first-order chi connectivity index (χ1) is 13.1. The maximum atomic E-state index is 13.0. The fourth-order valence-corrected chi connectivity index (χ4v) is 4.20. The van der Waals surface area contributed by atoms with Gasteiger partial charge in [-0.2, -0.15) is 5.10 Å². The average molecular weight is 367 g/mol. The summed E-state index contributed by atoms with van der Waals surface area (Å²) in [6, 6.07) is 5.77. The highest BCUT2D eigenvalue weighted by Gasteiger charge is 2.36. The van der Waals surface area contributed by atoms with Gasteiger partial charge in [0.15, 0.2) is 0 Å². The van der Waals surface area contributed by atoms with E-state index in [-0.39, 0.29) is 17.9 Å². The average Bonchev–Trinajstić information content (AvgIpc) is 3.25. The molecule has 0 bridgehead atoms. The second-order valence-electron chi connectivity index (χ2n) is 7.38. The molecule has 1 saturated heterocycles. The Labute approximate surface area is 158 Å². The summed E-state index contributed by atoms with van der Waals surface area (Å²) in [6.45, 7) is 3.42. The van der Waals surface area contributed by atoms with Crippen LogP contribution in [0.1, 0.15) is 44.7 Å². The van der Waals surface area contributed by atoms with Crippen LogP contribution in [-0.4, -0.2) is 57.6 Å². The number of aryl methyl sites for hydroxylation is 1. The van der Waals surface area contributed by atoms with Gasteiger partial charge in [-0.05, 0) is 24.5 Å². The summed E-state index contributed by atoms with van der Waals surface area (Å²) in [5.41, 5.74) is 3.24. The summed E-state index contributed by atoms with van der Waals surface area (Å²) >= 11 is 0. The molecule has 2 aliphatic rings. The lowest BCUT2D eigenvalue weighted by Gasteiger charge is -2.36. The summed E-state index contributed by atoms with van der Waals surface area (Å²) < 4.78 is 1.83. The Morgan fingerprint density at radius 2 is 2.07 bits per heavy atom. The van der Waals surface area contributed by atoms with Crippen molar-refractivity contribution in [2.24, 2.45) is 7.05 Å². The van der Waals surface area contributed by atoms with Crippen LogP contribution >= 0.6 is 0 Å². The molecule has 1 aromatic carbocycles. The molecule has 7 nitrogen and oxygen atoms in total. The smallest absolute Gasteiger partial charge is 0.255 e. The van der Waals surface area contributed by atoms with Gasteiger partial charge in [0.1, 0.15) is 0 Å². The van der Waals surface area contributed by atoms with Crippen molar-refractivity contribution in [1.29, 1.82) is 0 Å². The van der Waals surface area contributed by atoms with Gasteiger partial charge in [-0.15, -0.1) is 0 Å². The third-order valence-corrected chi connectivity index (χ3v) is 5.60. The van der Waals surface area contributed by atoms with Gasteiger partial charge in [0.25, 0.3) is 11.8 Å². The second-order valence-corrected chi connectivity index (χ2v) is 7.38. The van der Waals surface area contributed by atoms with Gasteiger partial charge in [0.05, 0.1) is 17.3 Å². The fraction of sp³-hybridized carbons (Fsp3) is 0.450. The van der Waals surface area contributed by atoms with Crippen LogP contribution in [0.4, 0.5) is 0 Å². The molecule has 1 fully saturated rings. The van der Waals surface area contributed by atoms with Crippen molar-refractivity contribution in [3.8, 4) is 0 Å². The zero-order valence-corrected chi connectivity index (χ0v) is 15.8. The monoisotopic (exact) mass is 367 g/mol. The topological polar surface area (TPSA) is 70.5 Å². The van der Waals surface area contributed by atoms with Crippen LogP contribution in [0.25, 0.3) is 0 Å². The second kappa shape index (κ2) is 7.15. The Morgan fingerprint density at radius 1 is 1.30 bits per heavy atom. The zero-order valence-electron chi connectivity index (χ0n) is 15.8. The summed E-state index contributed by atoms with van der Waals surface area (Å²) in [7, 11) is 3.52. The van der Waals surface area contributed by atoms with E-state index in [4.69, 9.17) is 0 Å². The van der Waals surface area contributed by atoms with E-state index in [0.29, 0.717) is 17.7 Å². The van der Waals surface area contributed by atoms with Crippen LogP contribution < -0.4 is 5.32 Å². The number of hydrogen-bond donors (Lipinski definition) is 1. The molecule has 0 radical (unpaired) electrons. The molecule has 142 valence electrons. The van der Waals surface area contributed by atoms with E-state index >= 15 is 0 Å². The molecule has 4 rings (SSSR count). The van der Waals surface area contributed by atoms with Gasteiger partial charge >= 0.3 is 0 Å².